The summed E-state index contributed by atoms with van der Waals surface area (Å²) in [6.45, 7) is 4.46. The van der Waals surface area contributed by atoms with Gasteiger partial charge in [-0.2, -0.15) is 0 Å². The molecule has 0 saturated carbocycles. The Morgan fingerprint density at radius 2 is 2.00 bits per heavy atom. The van der Waals surface area contributed by atoms with E-state index in [1.54, 1.807) is 12.1 Å². The van der Waals surface area contributed by atoms with Crippen molar-refractivity contribution >= 4 is 5.69 Å². The molecule has 0 unspecified atom stereocenters. The summed E-state index contributed by atoms with van der Waals surface area (Å²) < 4.78 is 0. The first-order valence-electron chi connectivity index (χ1n) is 6.24. The highest BCUT2D eigenvalue weighted by molar-refractivity contribution is 5.39. The van der Waals surface area contributed by atoms with Crippen molar-refractivity contribution in [1.29, 1.82) is 0 Å². The average molecular weight is 252 g/mol. The lowest BCUT2D eigenvalue weighted by Gasteiger charge is -2.20. The Bertz CT molecular complexity index is 376. The zero-order valence-corrected chi connectivity index (χ0v) is 10.7. The maximum Gasteiger partial charge on any atom is 0.272 e. The highest BCUT2D eigenvalue weighted by Gasteiger charge is 2.13. The average Bonchev–Trinajstić information content (AvgIpc) is 2.36. The van der Waals surface area contributed by atoms with E-state index in [1.165, 1.54) is 6.07 Å². The molecule has 0 saturated heterocycles. The van der Waals surface area contributed by atoms with Crippen LogP contribution in [-0.2, 0) is 6.42 Å². The number of hydrogen-bond acceptors (Lipinski definition) is 4. The lowest BCUT2D eigenvalue weighted by atomic mass is 10.1. The number of nitro benzene ring substituents is 1. The second-order valence-corrected chi connectivity index (χ2v) is 4.20. The van der Waals surface area contributed by atoms with Gasteiger partial charge in [-0.3, -0.25) is 10.1 Å². The molecule has 0 aliphatic carbocycles. The summed E-state index contributed by atoms with van der Waals surface area (Å²) in [4.78, 5) is 12.6. The summed E-state index contributed by atoms with van der Waals surface area (Å²) in [6.07, 6.45) is 1.65. The predicted molar refractivity (Wildman–Crippen MR) is 70.6 cm³/mol. The van der Waals surface area contributed by atoms with Crippen molar-refractivity contribution in [3.8, 4) is 0 Å². The van der Waals surface area contributed by atoms with Crippen LogP contribution in [0.1, 0.15) is 18.9 Å². The zero-order chi connectivity index (χ0) is 13.4. The molecule has 0 amide bonds. The van der Waals surface area contributed by atoms with Gasteiger partial charge in [0.25, 0.3) is 5.69 Å². The van der Waals surface area contributed by atoms with E-state index in [1.807, 2.05) is 6.07 Å². The standard InChI is InChI=1S/C13H20N2O3/c1-2-8-14(10-11-16)9-7-12-5-3-4-6-13(12)15(17)18/h3-6,16H,2,7-11H2,1H3. The van der Waals surface area contributed by atoms with Crippen LogP contribution in [0.4, 0.5) is 5.69 Å². The molecular weight excluding hydrogens is 232 g/mol. The lowest BCUT2D eigenvalue weighted by Crippen LogP contribution is -2.30. The largest absolute Gasteiger partial charge is 0.395 e. The maximum absolute atomic E-state index is 10.9. The number of nitrogens with zero attached hydrogens (tertiary/aromatic N) is 2. The molecule has 0 spiro atoms. The van der Waals surface area contributed by atoms with Crippen LogP contribution in [-0.4, -0.2) is 41.2 Å². The second kappa shape index (κ2) is 7.79. The zero-order valence-electron chi connectivity index (χ0n) is 10.7. The fourth-order valence-corrected chi connectivity index (χ4v) is 1.97. The lowest BCUT2D eigenvalue weighted by molar-refractivity contribution is -0.385. The number of hydrogen-bond donors (Lipinski definition) is 1. The van der Waals surface area contributed by atoms with Crippen molar-refractivity contribution in [1.82, 2.24) is 4.90 Å². The Balaban J connectivity index is 2.63. The molecule has 1 aromatic rings. The van der Waals surface area contributed by atoms with Crippen LogP contribution in [0.5, 0.6) is 0 Å². The number of nitro groups is 1. The van der Waals surface area contributed by atoms with Gasteiger partial charge in [-0.25, -0.2) is 0 Å². The van der Waals surface area contributed by atoms with Crippen molar-refractivity contribution in [2.75, 3.05) is 26.2 Å². The molecule has 0 aliphatic rings. The van der Waals surface area contributed by atoms with Gasteiger partial charge in [0.2, 0.25) is 0 Å². The molecule has 0 aromatic heterocycles. The molecule has 100 valence electrons. The minimum Gasteiger partial charge on any atom is -0.395 e. The molecule has 0 aliphatic heterocycles. The minimum atomic E-state index is -0.342. The fourth-order valence-electron chi connectivity index (χ4n) is 1.97. The van der Waals surface area contributed by atoms with Gasteiger partial charge >= 0.3 is 0 Å². The molecule has 0 bridgehead atoms. The molecule has 1 aromatic carbocycles. The first-order chi connectivity index (χ1) is 8.69. The summed E-state index contributed by atoms with van der Waals surface area (Å²) in [7, 11) is 0. The number of benzene rings is 1. The van der Waals surface area contributed by atoms with Crippen LogP contribution in [0.3, 0.4) is 0 Å². The van der Waals surface area contributed by atoms with E-state index in [2.05, 4.69) is 11.8 Å². The van der Waals surface area contributed by atoms with Crippen LogP contribution in [0, 0.1) is 10.1 Å². The third-order valence-corrected chi connectivity index (χ3v) is 2.84. The van der Waals surface area contributed by atoms with E-state index < -0.39 is 0 Å². The Hall–Kier alpha value is -1.46. The number of aliphatic hydroxyl groups excluding tert-OH is 1. The Morgan fingerprint density at radius 3 is 2.61 bits per heavy atom. The molecule has 0 heterocycles. The van der Waals surface area contributed by atoms with E-state index in [0.29, 0.717) is 13.0 Å². The van der Waals surface area contributed by atoms with Gasteiger partial charge in [-0.1, -0.05) is 25.1 Å². The summed E-state index contributed by atoms with van der Waals surface area (Å²) in [5, 5.41) is 19.8. The second-order valence-electron chi connectivity index (χ2n) is 4.20. The van der Waals surface area contributed by atoms with Gasteiger partial charge in [-0.05, 0) is 19.4 Å². The van der Waals surface area contributed by atoms with Gasteiger partial charge in [0.05, 0.1) is 11.5 Å². The summed E-state index contributed by atoms with van der Waals surface area (Å²) in [5.41, 5.74) is 0.930. The molecule has 5 heteroatoms. The highest BCUT2D eigenvalue weighted by Crippen LogP contribution is 2.18. The normalized spacial score (nSPS) is 10.8. The van der Waals surface area contributed by atoms with Gasteiger partial charge in [0.1, 0.15) is 0 Å². The number of para-hydroxylation sites is 1. The summed E-state index contributed by atoms with van der Waals surface area (Å²) >= 11 is 0. The molecule has 18 heavy (non-hydrogen) atoms. The van der Waals surface area contributed by atoms with Crippen LogP contribution < -0.4 is 0 Å². The molecular formula is C13H20N2O3. The molecule has 5 nitrogen and oxygen atoms in total. The van der Waals surface area contributed by atoms with Crippen molar-refractivity contribution in [3.63, 3.8) is 0 Å². The van der Waals surface area contributed by atoms with Gasteiger partial charge in [-0.15, -0.1) is 0 Å². The number of aliphatic hydroxyl groups is 1. The van der Waals surface area contributed by atoms with Crippen molar-refractivity contribution in [3.05, 3.63) is 39.9 Å². The van der Waals surface area contributed by atoms with Gasteiger partial charge in [0, 0.05) is 24.7 Å². The SMILES string of the molecule is CCCN(CCO)CCc1ccccc1[N+](=O)[O-]. The third kappa shape index (κ3) is 4.43. The van der Waals surface area contributed by atoms with E-state index in [9.17, 15) is 10.1 Å². The molecule has 1 rings (SSSR count). The van der Waals surface area contributed by atoms with Gasteiger partial charge < -0.3 is 10.0 Å². The Morgan fingerprint density at radius 1 is 1.28 bits per heavy atom. The van der Waals surface area contributed by atoms with E-state index in [0.717, 1.165) is 25.1 Å². The first kappa shape index (κ1) is 14.6. The third-order valence-electron chi connectivity index (χ3n) is 2.84. The van der Waals surface area contributed by atoms with Crippen LogP contribution >= 0.6 is 0 Å². The van der Waals surface area contributed by atoms with Crippen LogP contribution in [0.15, 0.2) is 24.3 Å². The van der Waals surface area contributed by atoms with Crippen LogP contribution in [0.25, 0.3) is 0 Å². The van der Waals surface area contributed by atoms with E-state index >= 15 is 0 Å². The quantitative estimate of drug-likeness (QED) is 0.566. The van der Waals surface area contributed by atoms with Gasteiger partial charge in [0.15, 0.2) is 0 Å². The van der Waals surface area contributed by atoms with Crippen molar-refractivity contribution in [2.24, 2.45) is 0 Å². The summed E-state index contributed by atoms with van der Waals surface area (Å²) in [6, 6.07) is 6.82. The fraction of sp³-hybridized carbons (Fsp3) is 0.538. The topological polar surface area (TPSA) is 66.6 Å². The smallest absolute Gasteiger partial charge is 0.272 e. The van der Waals surface area contributed by atoms with E-state index in [4.69, 9.17) is 5.11 Å². The molecule has 1 N–H and O–H groups in total. The highest BCUT2D eigenvalue weighted by atomic mass is 16.6. The first-order valence-corrected chi connectivity index (χ1v) is 6.24. The Kier molecular flexibility index (Phi) is 6.32. The monoisotopic (exact) mass is 252 g/mol. The molecule has 0 fully saturated rings. The predicted octanol–water partition coefficient (Wildman–Crippen LogP) is 1.84. The summed E-state index contributed by atoms with van der Waals surface area (Å²) in [5.74, 6) is 0. The maximum atomic E-state index is 10.9. The van der Waals surface area contributed by atoms with Crippen molar-refractivity contribution in [2.45, 2.75) is 19.8 Å². The van der Waals surface area contributed by atoms with Crippen LogP contribution in [0.2, 0.25) is 0 Å². The molecule has 0 radical (unpaired) electrons. The van der Waals surface area contributed by atoms with Crippen molar-refractivity contribution < 1.29 is 10.0 Å². The minimum absolute atomic E-state index is 0.122. The number of rotatable bonds is 8. The molecule has 0 atom stereocenters. The Labute approximate surface area is 107 Å². The van der Waals surface area contributed by atoms with E-state index in [-0.39, 0.29) is 17.2 Å².